The number of aromatic nitrogens is 2. The van der Waals surface area contributed by atoms with Gasteiger partial charge in [-0.2, -0.15) is 0 Å². The Kier molecular flexibility index (Phi) is 4.37. The van der Waals surface area contributed by atoms with E-state index in [1.54, 1.807) is 4.90 Å². The van der Waals surface area contributed by atoms with E-state index in [1.807, 2.05) is 30.5 Å². The van der Waals surface area contributed by atoms with E-state index in [2.05, 4.69) is 33.1 Å². The molecule has 1 amide bonds. The number of amides is 1. The predicted octanol–water partition coefficient (Wildman–Crippen LogP) is 2.89. The third-order valence-electron chi connectivity index (χ3n) is 5.35. The number of rotatable bonds is 3. The van der Waals surface area contributed by atoms with Crippen LogP contribution in [0.5, 0.6) is 0 Å². The molecule has 7 nitrogen and oxygen atoms in total. The van der Waals surface area contributed by atoms with Crippen molar-refractivity contribution in [2.75, 3.05) is 44.3 Å². The summed E-state index contributed by atoms with van der Waals surface area (Å²) in [7, 11) is 0. The van der Waals surface area contributed by atoms with Crippen molar-refractivity contribution in [2.45, 2.75) is 6.10 Å². The Labute approximate surface area is 162 Å². The van der Waals surface area contributed by atoms with Gasteiger partial charge in [-0.3, -0.25) is 0 Å². The molecule has 0 saturated carbocycles. The van der Waals surface area contributed by atoms with Crippen molar-refractivity contribution >= 4 is 22.8 Å². The molecule has 2 aliphatic rings. The smallest absolute Gasteiger partial charge is 0.410 e. The molecule has 1 aromatic carbocycles. The van der Waals surface area contributed by atoms with Crippen molar-refractivity contribution in [3.8, 4) is 11.3 Å². The molecular weight excluding hydrogens is 356 g/mol. The van der Waals surface area contributed by atoms with Crippen molar-refractivity contribution in [3.63, 3.8) is 0 Å². The summed E-state index contributed by atoms with van der Waals surface area (Å²) in [5, 5.41) is 1.10. The lowest BCUT2D eigenvalue weighted by Crippen LogP contribution is -2.51. The van der Waals surface area contributed by atoms with Crippen LogP contribution in [-0.4, -0.2) is 66.5 Å². The topological polar surface area (TPSA) is 70.7 Å². The third kappa shape index (κ3) is 3.18. The number of ether oxygens (including phenoxy) is 2. The third-order valence-corrected chi connectivity index (χ3v) is 5.35. The molecule has 0 bridgehead atoms. The lowest BCUT2D eigenvalue weighted by molar-refractivity contribution is -0.104. The molecule has 5 rings (SSSR count). The van der Waals surface area contributed by atoms with Gasteiger partial charge in [0.2, 0.25) is 0 Å². The molecule has 2 fully saturated rings. The monoisotopic (exact) mass is 378 g/mol. The Morgan fingerprint density at radius 2 is 1.89 bits per heavy atom. The fourth-order valence-corrected chi connectivity index (χ4v) is 3.69. The first-order valence-electron chi connectivity index (χ1n) is 9.59. The normalized spacial score (nSPS) is 17.6. The summed E-state index contributed by atoms with van der Waals surface area (Å²) in [6.07, 6.45) is 1.52. The van der Waals surface area contributed by atoms with E-state index >= 15 is 0 Å². The Balaban J connectivity index is 1.32. The van der Waals surface area contributed by atoms with Crippen LogP contribution in [0.4, 0.5) is 10.5 Å². The number of hydrogen-bond acceptors (Lipinski definition) is 5. The second kappa shape index (κ2) is 7.16. The Morgan fingerprint density at radius 1 is 1.11 bits per heavy atom. The molecule has 1 N–H and O–H groups in total. The number of carbonyl (C=O) groups excluding carboxylic acids is 1. The highest BCUT2D eigenvalue weighted by molar-refractivity contribution is 5.93. The largest absolute Gasteiger partial charge is 0.441 e. The van der Waals surface area contributed by atoms with Gasteiger partial charge in [-0.25, -0.2) is 9.78 Å². The molecule has 28 heavy (non-hydrogen) atoms. The van der Waals surface area contributed by atoms with Crippen LogP contribution in [0.2, 0.25) is 0 Å². The van der Waals surface area contributed by atoms with Crippen LogP contribution in [0.3, 0.4) is 0 Å². The summed E-state index contributed by atoms with van der Waals surface area (Å²) in [6.45, 7) is 3.84. The van der Waals surface area contributed by atoms with Gasteiger partial charge in [0.05, 0.1) is 13.2 Å². The Morgan fingerprint density at radius 3 is 2.61 bits per heavy atom. The maximum Gasteiger partial charge on any atom is 0.410 e. The molecule has 0 unspecified atom stereocenters. The van der Waals surface area contributed by atoms with E-state index in [-0.39, 0.29) is 12.2 Å². The van der Waals surface area contributed by atoms with Gasteiger partial charge in [0, 0.05) is 49.1 Å². The zero-order chi connectivity index (χ0) is 18.9. The molecule has 3 aromatic rings. The molecule has 0 spiro atoms. The van der Waals surface area contributed by atoms with Crippen LogP contribution >= 0.6 is 0 Å². The minimum atomic E-state index is -0.235. The molecule has 2 aliphatic heterocycles. The summed E-state index contributed by atoms with van der Waals surface area (Å²) in [4.78, 5) is 24.2. The van der Waals surface area contributed by atoms with Gasteiger partial charge >= 0.3 is 6.09 Å². The molecule has 144 valence electrons. The van der Waals surface area contributed by atoms with Gasteiger partial charge in [0.1, 0.15) is 5.65 Å². The molecule has 7 heteroatoms. The van der Waals surface area contributed by atoms with Crippen LogP contribution in [0.25, 0.3) is 22.3 Å². The quantitative estimate of drug-likeness (QED) is 0.759. The number of H-pyrrole nitrogens is 1. The highest BCUT2D eigenvalue weighted by atomic mass is 16.6. The van der Waals surface area contributed by atoms with E-state index in [1.165, 1.54) is 0 Å². The van der Waals surface area contributed by atoms with Gasteiger partial charge in [-0.15, -0.1) is 0 Å². The maximum atomic E-state index is 12.2. The number of fused-ring (bicyclic) bond motifs is 1. The van der Waals surface area contributed by atoms with Gasteiger partial charge in [-0.1, -0.05) is 30.3 Å². The van der Waals surface area contributed by atoms with E-state index in [0.717, 1.165) is 41.1 Å². The molecule has 0 aliphatic carbocycles. The number of anilines is 1. The van der Waals surface area contributed by atoms with E-state index < -0.39 is 0 Å². The Hall–Kier alpha value is -3.06. The van der Waals surface area contributed by atoms with E-state index in [4.69, 9.17) is 9.47 Å². The molecule has 4 heterocycles. The zero-order valence-electron chi connectivity index (χ0n) is 15.5. The first-order chi connectivity index (χ1) is 13.8. The van der Waals surface area contributed by atoms with E-state index in [0.29, 0.717) is 26.3 Å². The fourth-order valence-electron chi connectivity index (χ4n) is 3.69. The van der Waals surface area contributed by atoms with Crippen molar-refractivity contribution in [3.05, 3.63) is 48.7 Å². The van der Waals surface area contributed by atoms with Gasteiger partial charge in [-0.05, 0) is 17.7 Å². The summed E-state index contributed by atoms with van der Waals surface area (Å²) in [5.74, 6) is 0. The molecule has 0 atom stereocenters. The minimum Gasteiger partial charge on any atom is -0.441 e. The van der Waals surface area contributed by atoms with Crippen LogP contribution in [-0.2, 0) is 9.47 Å². The first-order valence-corrected chi connectivity index (χ1v) is 9.59. The summed E-state index contributed by atoms with van der Waals surface area (Å²) < 4.78 is 10.5. The van der Waals surface area contributed by atoms with Crippen LogP contribution in [0.15, 0.2) is 48.7 Å². The van der Waals surface area contributed by atoms with Crippen LogP contribution in [0.1, 0.15) is 0 Å². The SMILES string of the molecule is O=C(OC1COC1)N1CCN(c2ccnc3[nH]c(-c4ccccc4)cc23)CC1. The maximum absolute atomic E-state index is 12.2. The average Bonchev–Trinajstić information content (AvgIpc) is 3.16. The molecule has 0 radical (unpaired) electrons. The van der Waals surface area contributed by atoms with Crippen LogP contribution in [0, 0.1) is 0 Å². The number of piperazine rings is 1. The van der Waals surface area contributed by atoms with Crippen molar-refractivity contribution in [1.82, 2.24) is 14.9 Å². The van der Waals surface area contributed by atoms with Gasteiger partial charge in [0.25, 0.3) is 0 Å². The number of aromatic amines is 1. The molecule has 2 saturated heterocycles. The second-order valence-corrected chi connectivity index (χ2v) is 7.16. The van der Waals surface area contributed by atoms with Gasteiger partial charge in [0.15, 0.2) is 6.10 Å². The summed E-state index contributed by atoms with van der Waals surface area (Å²) in [6, 6.07) is 14.4. The molecule has 2 aromatic heterocycles. The number of benzene rings is 1. The average molecular weight is 378 g/mol. The fraction of sp³-hybridized carbons (Fsp3) is 0.333. The van der Waals surface area contributed by atoms with E-state index in [9.17, 15) is 4.79 Å². The van der Waals surface area contributed by atoms with Crippen LogP contribution < -0.4 is 4.90 Å². The van der Waals surface area contributed by atoms with Gasteiger partial charge < -0.3 is 24.3 Å². The van der Waals surface area contributed by atoms with Crippen molar-refractivity contribution in [1.29, 1.82) is 0 Å². The molecular formula is C21H22N4O3. The Bertz CT molecular complexity index is 976. The van der Waals surface area contributed by atoms with Crippen molar-refractivity contribution < 1.29 is 14.3 Å². The summed E-state index contributed by atoms with van der Waals surface area (Å²) in [5.41, 5.74) is 4.21. The number of pyridine rings is 1. The second-order valence-electron chi connectivity index (χ2n) is 7.16. The number of hydrogen-bond donors (Lipinski definition) is 1. The number of carbonyl (C=O) groups is 1. The lowest BCUT2D eigenvalue weighted by atomic mass is 10.1. The zero-order valence-corrected chi connectivity index (χ0v) is 15.5. The standard InChI is InChI=1S/C21H22N4O3/c26-21(28-16-13-27-14-16)25-10-8-24(9-11-25)19-6-7-22-20-17(19)12-18(23-20)15-4-2-1-3-5-15/h1-7,12,16H,8-11,13-14H2,(H,22,23). The van der Waals surface area contributed by atoms with Crippen molar-refractivity contribution in [2.24, 2.45) is 0 Å². The summed E-state index contributed by atoms with van der Waals surface area (Å²) >= 11 is 0. The number of nitrogens with zero attached hydrogens (tertiary/aromatic N) is 3. The predicted molar refractivity (Wildman–Crippen MR) is 106 cm³/mol. The minimum absolute atomic E-state index is 0.0818. The first kappa shape index (κ1) is 17.1. The highest BCUT2D eigenvalue weighted by Gasteiger charge is 2.28. The number of nitrogens with one attached hydrogen (secondary N) is 1. The lowest BCUT2D eigenvalue weighted by Gasteiger charge is -2.37. The highest BCUT2D eigenvalue weighted by Crippen LogP contribution is 2.30.